The molecule has 0 aromatic heterocycles. The molecule has 0 spiro atoms. The van der Waals surface area contributed by atoms with E-state index in [0.717, 1.165) is 44.9 Å². The number of rotatable bonds is 6. The molecule has 0 bridgehead atoms. The van der Waals surface area contributed by atoms with E-state index in [1.54, 1.807) is 0 Å². The van der Waals surface area contributed by atoms with Gasteiger partial charge in [-0.1, -0.05) is 46.5 Å². The van der Waals surface area contributed by atoms with Gasteiger partial charge in [-0.05, 0) is 37.5 Å². The lowest BCUT2D eigenvalue weighted by atomic mass is 9.78. The van der Waals surface area contributed by atoms with Gasteiger partial charge in [-0.25, -0.2) is 0 Å². The summed E-state index contributed by atoms with van der Waals surface area (Å²) >= 11 is 0. The van der Waals surface area contributed by atoms with Gasteiger partial charge in [0, 0.05) is 0 Å². The molecular weight excluding hydrogens is 252 g/mol. The summed E-state index contributed by atoms with van der Waals surface area (Å²) in [6, 6.07) is 0. The van der Waals surface area contributed by atoms with Crippen LogP contribution in [0.2, 0.25) is 0 Å². The van der Waals surface area contributed by atoms with E-state index in [-0.39, 0.29) is 11.9 Å². The largest absolute Gasteiger partial charge is 0.469 e. The Labute approximate surface area is 124 Å². The molecule has 1 saturated carbocycles. The summed E-state index contributed by atoms with van der Waals surface area (Å²) < 4.78 is 4.94. The molecule has 118 valence electrons. The number of hydrogen-bond acceptors (Lipinski definition) is 3. The molecule has 1 fully saturated rings. The number of carbonyl (C=O) groups excluding carboxylic acids is 1. The summed E-state index contributed by atoms with van der Waals surface area (Å²) in [6.07, 6.45) is 7.42. The molecule has 3 atom stereocenters. The number of carbonyl (C=O) groups is 1. The van der Waals surface area contributed by atoms with Crippen LogP contribution in [0.5, 0.6) is 0 Å². The lowest BCUT2D eigenvalue weighted by Crippen LogP contribution is -2.42. The first kappa shape index (κ1) is 17.5. The highest BCUT2D eigenvalue weighted by Crippen LogP contribution is 2.40. The average Bonchev–Trinajstić information content (AvgIpc) is 2.61. The molecule has 1 N–H and O–H groups in total. The standard InChI is InChI=1S/C17H32O3/c1-5-6-9-15(16(18)20-4)17(19)11-7-8-14(10-12-17)13(2)3/h13-15,19H,5-12H2,1-4H3. The number of unbranched alkanes of at least 4 members (excludes halogenated alkanes) is 1. The van der Waals surface area contributed by atoms with Crippen molar-refractivity contribution in [2.75, 3.05) is 7.11 Å². The van der Waals surface area contributed by atoms with Gasteiger partial charge >= 0.3 is 5.97 Å². The maximum atomic E-state index is 12.1. The molecule has 0 aromatic carbocycles. The Morgan fingerprint density at radius 1 is 1.35 bits per heavy atom. The fourth-order valence-corrected chi connectivity index (χ4v) is 3.55. The van der Waals surface area contributed by atoms with Crippen LogP contribution in [0.25, 0.3) is 0 Å². The minimum atomic E-state index is -0.855. The van der Waals surface area contributed by atoms with Gasteiger partial charge in [0.15, 0.2) is 0 Å². The monoisotopic (exact) mass is 284 g/mol. The summed E-state index contributed by atoms with van der Waals surface area (Å²) in [5.41, 5.74) is -0.855. The van der Waals surface area contributed by atoms with E-state index in [1.165, 1.54) is 13.5 Å². The molecule has 3 heteroatoms. The number of esters is 1. The Bertz CT molecular complexity index is 301. The van der Waals surface area contributed by atoms with E-state index in [9.17, 15) is 9.90 Å². The highest BCUT2D eigenvalue weighted by atomic mass is 16.5. The first-order valence-electron chi connectivity index (χ1n) is 8.24. The smallest absolute Gasteiger partial charge is 0.311 e. The zero-order valence-corrected chi connectivity index (χ0v) is 13.7. The number of ether oxygens (including phenoxy) is 1. The molecule has 1 aliphatic rings. The predicted octanol–water partition coefficient (Wildman–Crippen LogP) is 3.93. The summed E-state index contributed by atoms with van der Waals surface area (Å²) in [4.78, 5) is 12.1. The summed E-state index contributed by atoms with van der Waals surface area (Å²) in [5.74, 6) is 0.750. The number of aliphatic hydroxyl groups is 1. The molecule has 20 heavy (non-hydrogen) atoms. The second-order valence-corrected chi connectivity index (χ2v) is 6.76. The van der Waals surface area contributed by atoms with Crippen LogP contribution in [-0.2, 0) is 9.53 Å². The molecule has 0 aromatic rings. The molecule has 0 saturated heterocycles. The zero-order valence-electron chi connectivity index (χ0n) is 13.7. The maximum Gasteiger partial charge on any atom is 0.311 e. The number of methoxy groups -OCH3 is 1. The Hall–Kier alpha value is -0.570. The van der Waals surface area contributed by atoms with Crippen LogP contribution < -0.4 is 0 Å². The van der Waals surface area contributed by atoms with Gasteiger partial charge in [0.1, 0.15) is 0 Å². The molecule has 3 nitrogen and oxygen atoms in total. The van der Waals surface area contributed by atoms with E-state index in [1.807, 2.05) is 0 Å². The molecule has 0 heterocycles. The fraction of sp³-hybridized carbons (Fsp3) is 0.941. The van der Waals surface area contributed by atoms with Crippen LogP contribution in [-0.4, -0.2) is 23.8 Å². The fourth-order valence-electron chi connectivity index (χ4n) is 3.55. The average molecular weight is 284 g/mol. The highest BCUT2D eigenvalue weighted by molar-refractivity contribution is 5.73. The summed E-state index contributed by atoms with van der Waals surface area (Å²) in [6.45, 7) is 6.62. The van der Waals surface area contributed by atoms with E-state index in [0.29, 0.717) is 11.8 Å². The van der Waals surface area contributed by atoms with Gasteiger partial charge in [0.05, 0.1) is 18.6 Å². The Morgan fingerprint density at radius 2 is 2.05 bits per heavy atom. The molecule has 1 aliphatic carbocycles. The van der Waals surface area contributed by atoms with Crippen LogP contribution in [0.3, 0.4) is 0 Å². The second kappa shape index (κ2) is 8.02. The molecule has 0 aliphatic heterocycles. The zero-order chi connectivity index (χ0) is 15.2. The van der Waals surface area contributed by atoms with E-state index in [4.69, 9.17) is 4.74 Å². The Morgan fingerprint density at radius 3 is 2.60 bits per heavy atom. The Balaban J connectivity index is 2.78. The van der Waals surface area contributed by atoms with Crippen LogP contribution in [0.15, 0.2) is 0 Å². The first-order chi connectivity index (χ1) is 9.44. The third kappa shape index (κ3) is 4.47. The van der Waals surface area contributed by atoms with E-state index >= 15 is 0 Å². The van der Waals surface area contributed by atoms with Crippen LogP contribution in [0.1, 0.15) is 72.1 Å². The van der Waals surface area contributed by atoms with Gasteiger partial charge in [-0.15, -0.1) is 0 Å². The minimum Gasteiger partial charge on any atom is -0.469 e. The van der Waals surface area contributed by atoms with Crippen molar-refractivity contribution in [3.63, 3.8) is 0 Å². The molecule has 1 rings (SSSR count). The van der Waals surface area contributed by atoms with Crippen LogP contribution in [0, 0.1) is 17.8 Å². The van der Waals surface area contributed by atoms with Crippen molar-refractivity contribution in [2.24, 2.45) is 17.8 Å². The van der Waals surface area contributed by atoms with Crippen molar-refractivity contribution in [1.29, 1.82) is 0 Å². The molecule has 0 amide bonds. The maximum absolute atomic E-state index is 12.1. The van der Waals surface area contributed by atoms with Gasteiger partial charge in [-0.2, -0.15) is 0 Å². The lowest BCUT2D eigenvalue weighted by molar-refractivity contribution is -0.157. The second-order valence-electron chi connectivity index (χ2n) is 6.76. The van der Waals surface area contributed by atoms with Crippen molar-refractivity contribution in [1.82, 2.24) is 0 Å². The molecule has 0 radical (unpaired) electrons. The molecular formula is C17H32O3. The summed E-state index contributed by atoms with van der Waals surface area (Å²) in [5, 5.41) is 11.0. The van der Waals surface area contributed by atoms with Crippen molar-refractivity contribution in [3.05, 3.63) is 0 Å². The lowest BCUT2D eigenvalue weighted by Gasteiger charge is -2.34. The van der Waals surface area contributed by atoms with Crippen molar-refractivity contribution < 1.29 is 14.6 Å². The normalized spacial score (nSPS) is 29.0. The Kier molecular flexibility index (Phi) is 7.01. The van der Waals surface area contributed by atoms with Crippen molar-refractivity contribution in [2.45, 2.75) is 77.7 Å². The topological polar surface area (TPSA) is 46.5 Å². The van der Waals surface area contributed by atoms with Gasteiger partial charge < -0.3 is 9.84 Å². The highest BCUT2D eigenvalue weighted by Gasteiger charge is 2.42. The van der Waals surface area contributed by atoms with Gasteiger partial charge in [0.25, 0.3) is 0 Å². The number of hydrogen-bond donors (Lipinski definition) is 1. The third-order valence-corrected chi connectivity index (χ3v) is 5.06. The van der Waals surface area contributed by atoms with E-state index < -0.39 is 5.60 Å². The minimum absolute atomic E-state index is 0.232. The van der Waals surface area contributed by atoms with Gasteiger partial charge in [0.2, 0.25) is 0 Å². The summed E-state index contributed by atoms with van der Waals surface area (Å²) in [7, 11) is 1.43. The van der Waals surface area contributed by atoms with Crippen molar-refractivity contribution in [3.8, 4) is 0 Å². The van der Waals surface area contributed by atoms with E-state index in [2.05, 4.69) is 20.8 Å². The van der Waals surface area contributed by atoms with Crippen LogP contribution in [0.4, 0.5) is 0 Å². The van der Waals surface area contributed by atoms with Crippen molar-refractivity contribution >= 4 is 5.97 Å². The quantitative estimate of drug-likeness (QED) is 0.593. The first-order valence-corrected chi connectivity index (χ1v) is 8.24. The van der Waals surface area contributed by atoms with Crippen LogP contribution >= 0.6 is 0 Å². The predicted molar refractivity (Wildman–Crippen MR) is 81.4 cm³/mol. The third-order valence-electron chi connectivity index (χ3n) is 5.06. The van der Waals surface area contributed by atoms with Gasteiger partial charge in [-0.3, -0.25) is 4.79 Å². The SMILES string of the molecule is CCCCC(C(=O)OC)C1(O)CCCC(C(C)C)CC1. The molecule has 3 unspecified atom stereocenters.